The summed E-state index contributed by atoms with van der Waals surface area (Å²) in [6, 6.07) is 20.9. The summed E-state index contributed by atoms with van der Waals surface area (Å²) in [5.41, 5.74) is 4.28. The van der Waals surface area contributed by atoms with E-state index in [4.69, 9.17) is 4.74 Å². The molecule has 0 unspecified atom stereocenters. The summed E-state index contributed by atoms with van der Waals surface area (Å²) < 4.78 is 5.88. The Kier molecular flexibility index (Phi) is 4.62. The number of rotatable bonds is 5. The third-order valence-electron chi connectivity index (χ3n) is 3.90. The van der Waals surface area contributed by atoms with Crippen LogP contribution in [0.25, 0.3) is 11.1 Å². The number of aryl methyl sites for hydroxylation is 1. The van der Waals surface area contributed by atoms with Crippen molar-refractivity contribution < 1.29 is 14.6 Å². The molecule has 0 aliphatic rings. The van der Waals surface area contributed by atoms with Crippen molar-refractivity contribution in [3.8, 4) is 22.6 Å². The lowest BCUT2D eigenvalue weighted by Gasteiger charge is -2.11. The lowest BCUT2D eigenvalue weighted by Crippen LogP contribution is -1.97. The average molecular weight is 318 g/mol. The molecule has 0 radical (unpaired) electrons. The second-order valence-electron chi connectivity index (χ2n) is 5.65. The molecule has 0 aromatic heterocycles. The van der Waals surface area contributed by atoms with Crippen molar-refractivity contribution in [2.45, 2.75) is 13.5 Å². The second-order valence-corrected chi connectivity index (χ2v) is 5.65. The van der Waals surface area contributed by atoms with E-state index >= 15 is 0 Å². The Labute approximate surface area is 141 Å². The standard InChI is InChI=1S/C21H18O3/c1-15-11-17(18-7-9-20(23)19(12-18)13-22)8-10-21(15)24-14-16-5-3-2-4-6-16/h2-13,23H,14H2,1H3. The van der Waals surface area contributed by atoms with Crippen LogP contribution in [0.1, 0.15) is 21.5 Å². The number of hydrogen-bond acceptors (Lipinski definition) is 3. The molecule has 0 aliphatic heterocycles. The summed E-state index contributed by atoms with van der Waals surface area (Å²) in [6.07, 6.45) is 0.656. The van der Waals surface area contributed by atoms with E-state index in [2.05, 4.69) is 0 Å². The number of hydrogen-bond donors (Lipinski definition) is 1. The summed E-state index contributed by atoms with van der Waals surface area (Å²) in [5, 5.41) is 9.61. The highest BCUT2D eigenvalue weighted by Gasteiger charge is 2.07. The number of benzene rings is 3. The summed E-state index contributed by atoms with van der Waals surface area (Å²) in [5.74, 6) is 0.824. The van der Waals surface area contributed by atoms with Gasteiger partial charge in [0.2, 0.25) is 0 Å². The molecule has 0 bridgehead atoms. The van der Waals surface area contributed by atoms with Crippen LogP contribution in [0.15, 0.2) is 66.7 Å². The molecule has 0 saturated carbocycles. The minimum absolute atomic E-state index is 0.00622. The summed E-state index contributed by atoms with van der Waals surface area (Å²) >= 11 is 0. The van der Waals surface area contributed by atoms with Crippen molar-refractivity contribution in [3.63, 3.8) is 0 Å². The first kappa shape index (κ1) is 15.8. The molecular formula is C21H18O3. The number of phenols is 1. The molecule has 0 fully saturated rings. The van der Waals surface area contributed by atoms with Crippen LogP contribution in [0.5, 0.6) is 11.5 Å². The van der Waals surface area contributed by atoms with E-state index in [9.17, 15) is 9.90 Å². The van der Waals surface area contributed by atoms with Gasteiger partial charge in [0.15, 0.2) is 6.29 Å². The quantitative estimate of drug-likeness (QED) is 0.690. The van der Waals surface area contributed by atoms with E-state index in [1.807, 2.05) is 55.5 Å². The molecule has 0 heterocycles. The Bertz CT molecular complexity index is 854. The van der Waals surface area contributed by atoms with Crippen molar-refractivity contribution in [2.24, 2.45) is 0 Å². The number of phenolic OH excluding ortho intramolecular Hbond substituents is 1. The van der Waals surface area contributed by atoms with Crippen LogP contribution >= 0.6 is 0 Å². The van der Waals surface area contributed by atoms with Gasteiger partial charge < -0.3 is 9.84 Å². The van der Waals surface area contributed by atoms with Gasteiger partial charge in [-0.1, -0.05) is 42.5 Å². The minimum Gasteiger partial charge on any atom is -0.507 e. The predicted octanol–water partition coefficient (Wildman–Crippen LogP) is 4.76. The lowest BCUT2D eigenvalue weighted by molar-refractivity contribution is 0.112. The predicted molar refractivity (Wildman–Crippen MR) is 94.4 cm³/mol. The maximum atomic E-state index is 11.0. The van der Waals surface area contributed by atoms with Crippen LogP contribution in [0.2, 0.25) is 0 Å². The third-order valence-corrected chi connectivity index (χ3v) is 3.90. The van der Waals surface area contributed by atoms with E-state index in [1.54, 1.807) is 12.1 Å². The molecule has 0 amide bonds. The summed E-state index contributed by atoms with van der Waals surface area (Å²) in [6.45, 7) is 2.51. The Morgan fingerprint density at radius 2 is 1.67 bits per heavy atom. The van der Waals surface area contributed by atoms with Gasteiger partial charge in [-0.2, -0.15) is 0 Å². The highest BCUT2D eigenvalue weighted by Crippen LogP contribution is 2.29. The number of aromatic hydroxyl groups is 1. The number of carbonyl (C=O) groups excluding carboxylic acids is 1. The monoisotopic (exact) mass is 318 g/mol. The van der Waals surface area contributed by atoms with Crippen LogP contribution in [0.3, 0.4) is 0 Å². The Morgan fingerprint density at radius 1 is 0.958 bits per heavy atom. The molecule has 24 heavy (non-hydrogen) atoms. The number of aldehydes is 1. The SMILES string of the molecule is Cc1cc(-c2ccc(O)c(C=O)c2)ccc1OCc1ccccc1. The molecule has 3 rings (SSSR count). The van der Waals surface area contributed by atoms with Gasteiger partial charge in [0, 0.05) is 0 Å². The minimum atomic E-state index is -0.00622. The highest BCUT2D eigenvalue weighted by molar-refractivity contribution is 5.82. The van der Waals surface area contributed by atoms with Gasteiger partial charge in [0.05, 0.1) is 5.56 Å². The maximum Gasteiger partial charge on any atom is 0.153 e. The van der Waals surface area contributed by atoms with Crippen molar-refractivity contribution in [2.75, 3.05) is 0 Å². The second kappa shape index (κ2) is 7.01. The van der Waals surface area contributed by atoms with Crippen molar-refractivity contribution in [3.05, 3.63) is 83.4 Å². The zero-order chi connectivity index (χ0) is 16.9. The first-order valence-electron chi connectivity index (χ1n) is 7.73. The van der Waals surface area contributed by atoms with Crippen molar-refractivity contribution >= 4 is 6.29 Å². The first-order chi connectivity index (χ1) is 11.7. The maximum absolute atomic E-state index is 11.0. The van der Waals surface area contributed by atoms with E-state index < -0.39 is 0 Å². The van der Waals surface area contributed by atoms with Gasteiger partial charge in [-0.05, 0) is 53.4 Å². The summed E-state index contributed by atoms with van der Waals surface area (Å²) in [7, 11) is 0. The smallest absolute Gasteiger partial charge is 0.153 e. The van der Waals surface area contributed by atoms with Crippen LogP contribution < -0.4 is 4.74 Å². The van der Waals surface area contributed by atoms with Crippen molar-refractivity contribution in [1.82, 2.24) is 0 Å². The zero-order valence-electron chi connectivity index (χ0n) is 13.4. The topological polar surface area (TPSA) is 46.5 Å². The fourth-order valence-electron chi connectivity index (χ4n) is 2.55. The van der Waals surface area contributed by atoms with Gasteiger partial charge in [-0.3, -0.25) is 4.79 Å². The molecule has 0 atom stereocenters. The zero-order valence-corrected chi connectivity index (χ0v) is 13.4. The van der Waals surface area contributed by atoms with Crippen molar-refractivity contribution in [1.29, 1.82) is 0 Å². The highest BCUT2D eigenvalue weighted by atomic mass is 16.5. The fraction of sp³-hybridized carbons (Fsp3) is 0.0952. The van der Waals surface area contributed by atoms with Crippen LogP contribution in [-0.2, 0) is 6.61 Å². The van der Waals surface area contributed by atoms with Gasteiger partial charge in [0.1, 0.15) is 18.1 Å². The molecule has 3 heteroatoms. The van der Waals surface area contributed by atoms with Gasteiger partial charge in [-0.15, -0.1) is 0 Å². The first-order valence-corrected chi connectivity index (χ1v) is 7.73. The molecule has 0 spiro atoms. The molecule has 1 N–H and O–H groups in total. The van der Waals surface area contributed by atoms with Crippen LogP contribution in [0.4, 0.5) is 0 Å². The molecule has 3 aromatic carbocycles. The van der Waals surface area contributed by atoms with Gasteiger partial charge in [0.25, 0.3) is 0 Å². The van der Waals surface area contributed by atoms with Gasteiger partial charge >= 0.3 is 0 Å². The summed E-state index contributed by atoms with van der Waals surface area (Å²) in [4.78, 5) is 11.0. The number of carbonyl (C=O) groups is 1. The lowest BCUT2D eigenvalue weighted by atomic mass is 10.0. The van der Waals surface area contributed by atoms with Gasteiger partial charge in [-0.25, -0.2) is 0 Å². The molecule has 3 aromatic rings. The van der Waals surface area contributed by atoms with Crippen LogP contribution in [0, 0.1) is 6.92 Å². The molecule has 3 nitrogen and oxygen atoms in total. The molecular weight excluding hydrogens is 300 g/mol. The normalized spacial score (nSPS) is 10.4. The largest absolute Gasteiger partial charge is 0.507 e. The Morgan fingerprint density at radius 3 is 2.38 bits per heavy atom. The average Bonchev–Trinajstić information content (AvgIpc) is 2.62. The van der Waals surface area contributed by atoms with E-state index in [-0.39, 0.29) is 11.3 Å². The Hall–Kier alpha value is -3.07. The van der Waals surface area contributed by atoms with E-state index in [1.165, 1.54) is 6.07 Å². The third kappa shape index (κ3) is 3.46. The molecule has 0 saturated heterocycles. The number of ether oxygens (including phenoxy) is 1. The van der Waals surface area contributed by atoms with E-state index in [0.29, 0.717) is 12.9 Å². The fourth-order valence-corrected chi connectivity index (χ4v) is 2.55. The van der Waals surface area contributed by atoms with Crippen LogP contribution in [-0.4, -0.2) is 11.4 Å². The molecule has 120 valence electrons. The van der Waals surface area contributed by atoms with E-state index in [0.717, 1.165) is 28.0 Å². The Balaban J connectivity index is 1.81. The molecule has 0 aliphatic carbocycles.